The van der Waals surface area contributed by atoms with Crippen LogP contribution in [0, 0.1) is 0 Å². The van der Waals surface area contributed by atoms with E-state index in [1.165, 1.54) is 0 Å². The second-order valence-electron chi connectivity index (χ2n) is 3.97. The van der Waals surface area contributed by atoms with E-state index in [0.29, 0.717) is 11.1 Å². The summed E-state index contributed by atoms with van der Waals surface area (Å²) >= 11 is 5.06. The molecule has 1 heterocycles. The molecule has 86 valence electrons. The van der Waals surface area contributed by atoms with E-state index >= 15 is 0 Å². The molecule has 1 aromatic rings. The number of para-hydroxylation sites is 1. The van der Waals surface area contributed by atoms with Crippen molar-refractivity contribution in [2.75, 3.05) is 25.1 Å². The average molecular weight is 236 g/mol. The lowest BCUT2D eigenvalue weighted by Crippen LogP contribution is -2.25. The third-order valence-electron chi connectivity index (χ3n) is 2.99. The third kappa shape index (κ3) is 2.18. The van der Waals surface area contributed by atoms with E-state index in [-0.39, 0.29) is 0 Å². The Morgan fingerprint density at radius 1 is 1.50 bits per heavy atom. The molecule has 1 aliphatic rings. The van der Waals surface area contributed by atoms with Crippen LogP contribution in [0.25, 0.3) is 0 Å². The Kier molecular flexibility index (Phi) is 3.41. The van der Waals surface area contributed by atoms with Crippen LogP contribution < -0.4 is 10.6 Å². The SMILES string of the molecule is COC1CCN(c2ccccc2C(N)=S)C1. The van der Waals surface area contributed by atoms with Crippen LogP contribution in [-0.2, 0) is 4.74 Å². The van der Waals surface area contributed by atoms with Crippen LogP contribution in [0.2, 0.25) is 0 Å². The van der Waals surface area contributed by atoms with Gasteiger partial charge >= 0.3 is 0 Å². The van der Waals surface area contributed by atoms with Crippen molar-refractivity contribution in [3.05, 3.63) is 29.8 Å². The second kappa shape index (κ2) is 4.80. The van der Waals surface area contributed by atoms with Crippen molar-refractivity contribution in [2.45, 2.75) is 12.5 Å². The minimum absolute atomic E-state index is 0.319. The summed E-state index contributed by atoms with van der Waals surface area (Å²) in [6.07, 6.45) is 1.38. The van der Waals surface area contributed by atoms with Gasteiger partial charge in [-0.25, -0.2) is 0 Å². The van der Waals surface area contributed by atoms with Gasteiger partial charge in [-0.2, -0.15) is 0 Å². The predicted molar refractivity (Wildman–Crippen MR) is 70.0 cm³/mol. The second-order valence-corrected chi connectivity index (χ2v) is 4.41. The molecule has 0 amide bonds. The van der Waals surface area contributed by atoms with Gasteiger partial charge in [0.1, 0.15) is 4.99 Å². The quantitative estimate of drug-likeness (QED) is 0.808. The van der Waals surface area contributed by atoms with Crippen molar-refractivity contribution in [1.82, 2.24) is 0 Å². The smallest absolute Gasteiger partial charge is 0.106 e. The van der Waals surface area contributed by atoms with Crippen molar-refractivity contribution in [2.24, 2.45) is 5.73 Å². The third-order valence-corrected chi connectivity index (χ3v) is 3.21. The summed E-state index contributed by atoms with van der Waals surface area (Å²) in [5.74, 6) is 0. The molecule has 1 aliphatic heterocycles. The van der Waals surface area contributed by atoms with Gasteiger partial charge in [-0.05, 0) is 18.6 Å². The maximum Gasteiger partial charge on any atom is 0.106 e. The number of rotatable bonds is 3. The van der Waals surface area contributed by atoms with Crippen molar-refractivity contribution < 1.29 is 4.74 Å². The minimum Gasteiger partial charge on any atom is -0.389 e. The van der Waals surface area contributed by atoms with Crippen molar-refractivity contribution in [1.29, 1.82) is 0 Å². The molecule has 2 N–H and O–H groups in total. The summed E-state index contributed by atoms with van der Waals surface area (Å²) in [5, 5.41) is 0. The Bertz CT molecular complexity index is 394. The highest BCUT2D eigenvalue weighted by Gasteiger charge is 2.23. The number of nitrogens with zero attached hydrogens (tertiary/aromatic N) is 1. The number of hydrogen-bond donors (Lipinski definition) is 1. The lowest BCUT2D eigenvalue weighted by atomic mass is 10.1. The van der Waals surface area contributed by atoms with Crippen LogP contribution in [0.1, 0.15) is 12.0 Å². The maximum atomic E-state index is 5.72. The van der Waals surface area contributed by atoms with Crippen LogP contribution in [-0.4, -0.2) is 31.3 Å². The van der Waals surface area contributed by atoms with Gasteiger partial charge in [-0.3, -0.25) is 0 Å². The number of nitrogens with two attached hydrogens (primary N) is 1. The van der Waals surface area contributed by atoms with Crippen molar-refractivity contribution in [3.8, 4) is 0 Å². The first kappa shape index (κ1) is 11.4. The minimum atomic E-state index is 0.319. The summed E-state index contributed by atoms with van der Waals surface area (Å²) < 4.78 is 5.36. The fraction of sp³-hybridized carbons (Fsp3) is 0.417. The van der Waals surface area contributed by atoms with Crippen molar-refractivity contribution in [3.63, 3.8) is 0 Å². The zero-order chi connectivity index (χ0) is 11.5. The van der Waals surface area contributed by atoms with Crippen LogP contribution in [0.3, 0.4) is 0 Å². The van der Waals surface area contributed by atoms with Crippen LogP contribution in [0.4, 0.5) is 5.69 Å². The molecule has 0 radical (unpaired) electrons. The number of methoxy groups -OCH3 is 1. The van der Waals surface area contributed by atoms with E-state index in [1.807, 2.05) is 18.2 Å². The van der Waals surface area contributed by atoms with Gasteiger partial charge in [-0.1, -0.05) is 24.4 Å². The summed E-state index contributed by atoms with van der Waals surface area (Å²) in [6.45, 7) is 1.91. The Labute approximate surface area is 101 Å². The number of ether oxygens (including phenoxy) is 1. The van der Waals surface area contributed by atoms with Crippen LogP contribution in [0.15, 0.2) is 24.3 Å². The van der Waals surface area contributed by atoms with E-state index in [9.17, 15) is 0 Å². The largest absolute Gasteiger partial charge is 0.389 e. The number of anilines is 1. The Morgan fingerprint density at radius 2 is 2.25 bits per heavy atom. The first-order valence-electron chi connectivity index (χ1n) is 5.39. The van der Waals surface area contributed by atoms with Gasteiger partial charge in [0.2, 0.25) is 0 Å². The molecule has 0 spiro atoms. The molecule has 0 aromatic heterocycles. The van der Waals surface area contributed by atoms with Gasteiger partial charge in [0.05, 0.1) is 6.10 Å². The van der Waals surface area contributed by atoms with Crippen LogP contribution in [0.5, 0.6) is 0 Å². The summed E-state index contributed by atoms with van der Waals surface area (Å²) in [4.78, 5) is 2.74. The molecule has 1 aromatic carbocycles. The highest BCUT2D eigenvalue weighted by atomic mass is 32.1. The Morgan fingerprint density at radius 3 is 2.88 bits per heavy atom. The van der Waals surface area contributed by atoms with Gasteiger partial charge in [-0.15, -0.1) is 0 Å². The molecule has 1 fully saturated rings. The van der Waals surface area contributed by atoms with E-state index in [2.05, 4.69) is 11.0 Å². The molecule has 1 saturated heterocycles. The molecule has 0 saturated carbocycles. The standard InChI is InChI=1S/C12H16N2OS/c1-15-9-6-7-14(8-9)11-5-3-2-4-10(11)12(13)16/h2-5,9H,6-8H2,1H3,(H2,13,16). The molecule has 3 nitrogen and oxygen atoms in total. The van der Waals surface area contributed by atoms with Crippen molar-refractivity contribution >= 4 is 22.9 Å². The first-order chi connectivity index (χ1) is 7.72. The van der Waals surface area contributed by atoms with E-state index in [4.69, 9.17) is 22.7 Å². The lowest BCUT2D eigenvalue weighted by molar-refractivity contribution is 0.121. The molecule has 1 atom stereocenters. The monoisotopic (exact) mass is 236 g/mol. The molecule has 4 heteroatoms. The highest BCUT2D eigenvalue weighted by Crippen LogP contribution is 2.25. The van der Waals surface area contributed by atoms with Gasteiger partial charge in [0.15, 0.2) is 0 Å². The zero-order valence-electron chi connectivity index (χ0n) is 9.35. The molecule has 0 bridgehead atoms. The average Bonchev–Trinajstić information content (AvgIpc) is 2.77. The molecule has 1 unspecified atom stereocenters. The molecule has 2 rings (SSSR count). The first-order valence-corrected chi connectivity index (χ1v) is 5.79. The predicted octanol–water partition coefficient (Wildman–Crippen LogP) is 1.55. The van der Waals surface area contributed by atoms with E-state index in [1.54, 1.807) is 7.11 Å². The number of benzene rings is 1. The molecular weight excluding hydrogens is 220 g/mol. The maximum absolute atomic E-state index is 5.72. The number of hydrogen-bond acceptors (Lipinski definition) is 3. The van der Waals surface area contributed by atoms with E-state index in [0.717, 1.165) is 30.8 Å². The van der Waals surface area contributed by atoms with E-state index < -0.39 is 0 Å². The fourth-order valence-corrected chi connectivity index (χ4v) is 2.27. The summed E-state index contributed by atoms with van der Waals surface area (Å²) in [6, 6.07) is 8.00. The molecule has 16 heavy (non-hydrogen) atoms. The Balaban J connectivity index is 2.24. The topological polar surface area (TPSA) is 38.5 Å². The fourth-order valence-electron chi connectivity index (χ4n) is 2.10. The van der Waals surface area contributed by atoms with Gasteiger partial charge in [0, 0.05) is 31.5 Å². The summed E-state index contributed by atoms with van der Waals surface area (Å²) in [7, 11) is 1.76. The van der Waals surface area contributed by atoms with Crippen LogP contribution >= 0.6 is 12.2 Å². The molecule has 0 aliphatic carbocycles. The molecular formula is C12H16N2OS. The lowest BCUT2D eigenvalue weighted by Gasteiger charge is -2.21. The number of thiocarbonyl (C=S) groups is 1. The summed E-state index contributed by atoms with van der Waals surface area (Å²) in [5.41, 5.74) is 7.80. The van der Waals surface area contributed by atoms with Gasteiger partial charge in [0.25, 0.3) is 0 Å². The van der Waals surface area contributed by atoms with Gasteiger partial charge < -0.3 is 15.4 Å². The zero-order valence-corrected chi connectivity index (χ0v) is 10.2. The Hall–Kier alpha value is -1.13. The highest BCUT2D eigenvalue weighted by molar-refractivity contribution is 7.80. The normalized spacial score (nSPS) is 20.1.